The molecular formula is C16H28Cl2O. The molecule has 2 rings (SSSR count). The first kappa shape index (κ1) is 15.9. The Balaban J connectivity index is 1.60. The van der Waals surface area contributed by atoms with Gasteiger partial charge in [-0.15, -0.1) is 23.2 Å². The smallest absolute Gasteiger partial charge is 0.121 e. The van der Waals surface area contributed by atoms with Gasteiger partial charge in [0.2, 0.25) is 0 Å². The molecule has 0 spiro atoms. The van der Waals surface area contributed by atoms with Crippen LogP contribution < -0.4 is 0 Å². The zero-order valence-electron chi connectivity index (χ0n) is 12.3. The molecule has 0 aromatic heterocycles. The summed E-state index contributed by atoms with van der Waals surface area (Å²) >= 11 is 12.6. The first-order valence-corrected chi connectivity index (χ1v) is 8.83. The van der Waals surface area contributed by atoms with Crippen molar-refractivity contribution in [3.63, 3.8) is 0 Å². The lowest BCUT2D eigenvalue weighted by molar-refractivity contribution is 0.0517. The number of fused-ring (bicyclic) bond motifs is 1. The lowest BCUT2D eigenvalue weighted by atomic mass is 9.70. The molecule has 3 heteroatoms. The molecule has 0 aromatic rings. The summed E-state index contributed by atoms with van der Waals surface area (Å²) in [6.45, 7) is 5.15. The van der Waals surface area contributed by atoms with Crippen LogP contribution in [0, 0.1) is 17.8 Å². The van der Waals surface area contributed by atoms with E-state index in [4.69, 9.17) is 27.9 Å². The van der Waals surface area contributed by atoms with E-state index in [2.05, 4.69) is 13.8 Å². The van der Waals surface area contributed by atoms with E-state index in [0.717, 1.165) is 31.3 Å². The van der Waals surface area contributed by atoms with Crippen LogP contribution >= 0.6 is 23.2 Å². The lowest BCUT2D eigenvalue weighted by Crippen LogP contribution is -2.44. The van der Waals surface area contributed by atoms with Gasteiger partial charge in [-0.1, -0.05) is 26.2 Å². The third kappa shape index (κ3) is 3.80. The van der Waals surface area contributed by atoms with Crippen molar-refractivity contribution < 1.29 is 4.74 Å². The summed E-state index contributed by atoms with van der Waals surface area (Å²) in [6.07, 6.45) is 10.5. The van der Waals surface area contributed by atoms with Crippen LogP contribution in [-0.4, -0.2) is 17.0 Å². The van der Waals surface area contributed by atoms with E-state index >= 15 is 0 Å². The van der Waals surface area contributed by atoms with Crippen LogP contribution in [0.3, 0.4) is 0 Å². The summed E-state index contributed by atoms with van der Waals surface area (Å²) in [5.41, 5.74) is 0. The number of unbranched alkanes of at least 4 members (excludes halogenated alkanes) is 1. The SMILES string of the molecule is CCOC(CC)CCCCC1CCC2C1CC2(Cl)Cl. The molecule has 0 N–H and O–H groups in total. The molecule has 2 aliphatic rings. The summed E-state index contributed by atoms with van der Waals surface area (Å²) in [5.74, 6) is 2.30. The minimum Gasteiger partial charge on any atom is -0.379 e. The Morgan fingerprint density at radius 2 is 2.00 bits per heavy atom. The maximum Gasteiger partial charge on any atom is 0.121 e. The molecular weight excluding hydrogens is 279 g/mol. The highest BCUT2D eigenvalue weighted by Crippen LogP contribution is 2.62. The fraction of sp³-hybridized carbons (Fsp3) is 1.00. The number of rotatable bonds is 8. The van der Waals surface area contributed by atoms with Gasteiger partial charge in [-0.3, -0.25) is 0 Å². The van der Waals surface area contributed by atoms with E-state index in [9.17, 15) is 0 Å². The summed E-state index contributed by atoms with van der Waals surface area (Å²) < 4.78 is 5.32. The summed E-state index contributed by atoms with van der Waals surface area (Å²) in [6, 6.07) is 0. The topological polar surface area (TPSA) is 9.23 Å². The van der Waals surface area contributed by atoms with E-state index in [-0.39, 0.29) is 4.33 Å². The first-order chi connectivity index (χ1) is 9.08. The Kier molecular flexibility index (Phi) is 5.87. The fourth-order valence-electron chi connectivity index (χ4n) is 4.07. The van der Waals surface area contributed by atoms with Gasteiger partial charge >= 0.3 is 0 Å². The van der Waals surface area contributed by atoms with Crippen LogP contribution in [0.2, 0.25) is 0 Å². The molecule has 0 aromatic carbocycles. The quantitative estimate of drug-likeness (QED) is 0.420. The highest BCUT2D eigenvalue weighted by molar-refractivity contribution is 6.49. The van der Waals surface area contributed by atoms with E-state index in [0.29, 0.717) is 12.0 Å². The second-order valence-electron chi connectivity index (χ2n) is 6.34. The van der Waals surface area contributed by atoms with Crippen LogP contribution in [0.5, 0.6) is 0 Å². The molecule has 4 atom stereocenters. The molecule has 0 heterocycles. The third-order valence-electron chi connectivity index (χ3n) is 5.23. The predicted octanol–water partition coefficient (Wildman–Crippen LogP) is 5.58. The van der Waals surface area contributed by atoms with Crippen molar-refractivity contribution in [1.82, 2.24) is 0 Å². The molecule has 4 unspecified atom stereocenters. The first-order valence-electron chi connectivity index (χ1n) is 8.07. The highest BCUT2D eigenvalue weighted by atomic mass is 35.5. The third-order valence-corrected chi connectivity index (χ3v) is 6.10. The minimum absolute atomic E-state index is 0.387. The van der Waals surface area contributed by atoms with Gasteiger partial charge in [0.05, 0.1) is 6.10 Å². The monoisotopic (exact) mass is 306 g/mol. The van der Waals surface area contributed by atoms with E-state index in [1.165, 1.54) is 38.5 Å². The molecule has 0 saturated heterocycles. The van der Waals surface area contributed by atoms with Crippen molar-refractivity contribution in [1.29, 1.82) is 0 Å². The van der Waals surface area contributed by atoms with Crippen molar-refractivity contribution in [3.8, 4) is 0 Å². The van der Waals surface area contributed by atoms with Crippen LogP contribution in [0.1, 0.15) is 65.2 Å². The molecule has 0 bridgehead atoms. The van der Waals surface area contributed by atoms with Gasteiger partial charge in [-0.05, 0) is 56.8 Å². The van der Waals surface area contributed by atoms with Crippen molar-refractivity contribution in [2.45, 2.75) is 75.7 Å². The largest absolute Gasteiger partial charge is 0.379 e. The molecule has 2 aliphatic carbocycles. The van der Waals surface area contributed by atoms with Gasteiger partial charge in [-0.25, -0.2) is 0 Å². The Hall–Kier alpha value is 0.540. The van der Waals surface area contributed by atoms with Crippen LogP contribution in [0.15, 0.2) is 0 Å². The Labute approximate surface area is 128 Å². The molecule has 0 radical (unpaired) electrons. The lowest BCUT2D eigenvalue weighted by Gasteiger charge is -2.45. The maximum absolute atomic E-state index is 6.28. The molecule has 112 valence electrons. The number of ether oxygens (including phenoxy) is 1. The van der Waals surface area contributed by atoms with Crippen LogP contribution in [-0.2, 0) is 4.74 Å². The minimum atomic E-state index is -0.387. The van der Waals surface area contributed by atoms with Crippen molar-refractivity contribution >= 4 is 23.2 Å². The van der Waals surface area contributed by atoms with E-state index in [1.807, 2.05) is 0 Å². The zero-order chi connectivity index (χ0) is 13.9. The van der Waals surface area contributed by atoms with Crippen molar-refractivity contribution in [3.05, 3.63) is 0 Å². The Morgan fingerprint density at radius 1 is 1.21 bits per heavy atom. The van der Waals surface area contributed by atoms with Gasteiger partial charge in [0.25, 0.3) is 0 Å². The molecule has 0 aliphatic heterocycles. The van der Waals surface area contributed by atoms with Gasteiger partial charge in [0.15, 0.2) is 0 Å². The molecule has 2 fully saturated rings. The van der Waals surface area contributed by atoms with Gasteiger partial charge < -0.3 is 4.74 Å². The average molecular weight is 307 g/mol. The summed E-state index contributed by atoms with van der Waals surface area (Å²) in [7, 11) is 0. The van der Waals surface area contributed by atoms with Crippen molar-refractivity contribution in [2.24, 2.45) is 17.8 Å². The molecule has 2 saturated carbocycles. The van der Waals surface area contributed by atoms with Gasteiger partial charge in [-0.2, -0.15) is 0 Å². The number of alkyl halides is 2. The standard InChI is InChI=1S/C16H28Cl2O/c1-3-13(19-4-2)8-6-5-7-12-9-10-15-14(12)11-16(15,17)18/h12-15H,3-11H2,1-2H3. The van der Waals surface area contributed by atoms with E-state index in [1.54, 1.807) is 0 Å². The highest BCUT2D eigenvalue weighted by Gasteiger charge is 2.56. The Bertz CT molecular complexity index is 280. The maximum atomic E-state index is 6.28. The van der Waals surface area contributed by atoms with Crippen LogP contribution in [0.25, 0.3) is 0 Å². The molecule has 19 heavy (non-hydrogen) atoms. The predicted molar refractivity (Wildman–Crippen MR) is 82.9 cm³/mol. The van der Waals surface area contributed by atoms with Gasteiger partial charge in [0.1, 0.15) is 4.33 Å². The zero-order valence-corrected chi connectivity index (χ0v) is 13.8. The summed E-state index contributed by atoms with van der Waals surface area (Å²) in [4.78, 5) is 0. The van der Waals surface area contributed by atoms with Gasteiger partial charge in [0, 0.05) is 6.61 Å². The molecule has 0 amide bonds. The second kappa shape index (κ2) is 7.00. The average Bonchev–Trinajstić information content (AvgIpc) is 2.72. The number of hydrogen-bond acceptors (Lipinski definition) is 1. The second-order valence-corrected chi connectivity index (χ2v) is 7.89. The van der Waals surface area contributed by atoms with Crippen LogP contribution in [0.4, 0.5) is 0 Å². The fourth-order valence-corrected chi connectivity index (χ4v) is 4.96. The number of halogens is 2. The number of hydrogen-bond donors (Lipinski definition) is 0. The van der Waals surface area contributed by atoms with E-state index < -0.39 is 0 Å². The normalized spacial score (nSPS) is 33.8. The summed E-state index contributed by atoms with van der Waals surface area (Å²) in [5, 5.41) is 0. The molecule has 1 nitrogen and oxygen atoms in total. The van der Waals surface area contributed by atoms with Crippen molar-refractivity contribution in [2.75, 3.05) is 6.61 Å². The Morgan fingerprint density at radius 3 is 2.58 bits per heavy atom.